The Labute approximate surface area is 116 Å². The molecule has 0 spiro atoms. The second-order valence-electron chi connectivity index (χ2n) is 4.64. The molecule has 100 valence electrons. The molecule has 0 fully saturated rings. The second-order valence-corrected chi connectivity index (χ2v) is 4.64. The summed E-state index contributed by atoms with van der Waals surface area (Å²) in [6.07, 6.45) is 3.42. The third kappa shape index (κ3) is 2.40. The maximum Gasteiger partial charge on any atom is 0.357 e. The van der Waals surface area contributed by atoms with Crippen LogP contribution in [0.2, 0.25) is 0 Å². The number of fused-ring (bicyclic) bond motifs is 1. The van der Waals surface area contributed by atoms with Crippen molar-refractivity contribution in [1.29, 1.82) is 0 Å². The van der Waals surface area contributed by atoms with Crippen molar-refractivity contribution in [2.75, 3.05) is 0 Å². The van der Waals surface area contributed by atoms with Gasteiger partial charge in [-0.2, -0.15) is 0 Å². The first-order chi connectivity index (χ1) is 9.74. The molecule has 0 N–H and O–H groups in total. The van der Waals surface area contributed by atoms with Gasteiger partial charge in [0.1, 0.15) is 12.3 Å². The summed E-state index contributed by atoms with van der Waals surface area (Å²) in [6.45, 7) is 2.23. The average Bonchev–Trinajstić information content (AvgIpc) is 2.89. The van der Waals surface area contributed by atoms with Gasteiger partial charge in [0.05, 0.1) is 6.20 Å². The Morgan fingerprint density at radius 1 is 1.20 bits per heavy atom. The van der Waals surface area contributed by atoms with E-state index in [1.807, 2.05) is 55.6 Å². The Kier molecular flexibility index (Phi) is 3.21. The van der Waals surface area contributed by atoms with Crippen LogP contribution in [-0.4, -0.2) is 15.4 Å². The lowest BCUT2D eigenvalue weighted by atomic mass is 10.2. The molecule has 4 nitrogen and oxygen atoms in total. The van der Waals surface area contributed by atoms with Crippen molar-refractivity contribution in [1.82, 2.24) is 9.38 Å². The van der Waals surface area contributed by atoms with Gasteiger partial charge in [-0.25, -0.2) is 9.78 Å². The highest BCUT2D eigenvalue weighted by molar-refractivity contribution is 5.88. The normalized spacial score (nSPS) is 10.7. The molecule has 2 aromatic heterocycles. The number of esters is 1. The standard InChI is InChI=1S/C16H14N2O2/c1-12-7-8-15-17-9-14(18(15)10-12)16(19)20-11-13-5-3-2-4-6-13/h2-10H,11H2,1H3. The zero-order chi connectivity index (χ0) is 13.9. The van der Waals surface area contributed by atoms with Gasteiger partial charge in [0, 0.05) is 6.20 Å². The van der Waals surface area contributed by atoms with Crippen molar-refractivity contribution in [3.8, 4) is 0 Å². The van der Waals surface area contributed by atoms with Gasteiger partial charge in [-0.15, -0.1) is 0 Å². The molecule has 0 saturated heterocycles. The van der Waals surface area contributed by atoms with Crippen LogP contribution >= 0.6 is 0 Å². The molecule has 0 aliphatic carbocycles. The first kappa shape index (κ1) is 12.4. The van der Waals surface area contributed by atoms with E-state index in [4.69, 9.17) is 4.74 Å². The fraction of sp³-hybridized carbons (Fsp3) is 0.125. The van der Waals surface area contributed by atoms with Crippen LogP contribution in [0.5, 0.6) is 0 Å². The van der Waals surface area contributed by atoms with E-state index in [1.54, 1.807) is 10.6 Å². The van der Waals surface area contributed by atoms with Crippen LogP contribution in [0.15, 0.2) is 54.9 Å². The zero-order valence-corrected chi connectivity index (χ0v) is 11.1. The monoisotopic (exact) mass is 266 g/mol. The molecule has 20 heavy (non-hydrogen) atoms. The van der Waals surface area contributed by atoms with E-state index in [0.29, 0.717) is 5.69 Å². The number of pyridine rings is 1. The van der Waals surface area contributed by atoms with Crippen LogP contribution in [0.1, 0.15) is 21.6 Å². The number of carbonyl (C=O) groups is 1. The van der Waals surface area contributed by atoms with Gasteiger partial charge < -0.3 is 4.74 Å². The van der Waals surface area contributed by atoms with E-state index in [0.717, 1.165) is 16.8 Å². The number of aromatic nitrogens is 2. The van der Waals surface area contributed by atoms with E-state index in [1.165, 1.54) is 0 Å². The van der Waals surface area contributed by atoms with Gasteiger partial charge in [0.25, 0.3) is 0 Å². The van der Waals surface area contributed by atoms with Gasteiger partial charge in [-0.05, 0) is 24.1 Å². The number of aryl methyl sites for hydroxylation is 1. The summed E-state index contributed by atoms with van der Waals surface area (Å²) in [7, 11) is 0. The summed E-state index contributed by atoms with van der Waals surface area (Å²) >= 11 is 0. The number of ether oxygens (including phenoxy) is 1. The Hall–Kier alpha value is -2.62. The summed E-state index contributed by atoms with van der Waals surface area (Å²) in [6, 6.07) is 13.4. The van der Waals surface area contributed by atoms with Crippen LogP contribution in [-0.2, 0) is 11.3 Å². The van der Waals surface area contributed by atoms with Crippen molar-refractivity contribution >= 4 is 11.6 Å². The number of rotatable bonds is 3. The fourth-order valence-electron chi connectivity index (χ4n) is 2.03. The maximum absolute atomic E-state index is 12.1. The smallest absolute Gasteiger partial charge is 0.357 e. The molecule has 0 radical (unpaired) electrons. The Morgan fingerprint density at radius 3 is 2.80 bits per heavy atom. The Balaban J connectivity index is 1.80. The third-order valence-electron chi connectivity index (χ3n) is 3.08. The van der Waals surface area contributed by atoms with Crippen molar-refractivity contribution in [2.24, 2.45) is 0 Å². The number of hydrogen-bond acceptors (Lipinski definition) is 3. The minimum absolute atomic E-state index is 0.263. The predicted molar refractivity (Wildman–Crippen MR) is 75.5 cm³/mol. The van der Waals surface area contributed by atoms with Crippen LogP contribution in [0, 0.1) is 6.92 Å². The largest absolute Gasteiger partial charge is 0.456 e. The van der Waals surface area contributed by atoms with Crippen molar-refractivity contribution in [3.63, 3.8) is 0 Å². The summed E-state index contributed by atoms with van der Waals surface area (Å²) in [4.78, 5) is 16.3. The number of nitrogens with zero attached hydrogens (tertiary/aromatic N) is 2. The van der Waals surface area contributed by atoms with Gasteiger partial charge in [0.2, 0.25) is 0 Å². The quantitative estimate of drug-likeness (QED) is 0.684. The van der Waals surface area contributed by atoms with Gasteiger partial charge >= 0.3 is 5.97 Å². The summed E-state index contributed by atoms with van der Waals surface area (Å²) in [5, 5.41) is 0. The number of carbonyl (C=O) groups excluding carboxylic acids is 1. The highest BCUT2D eigenvalue weighted by Crippen LogP contribution is 2.11. The highest BCUT2D eigenvalue weighted by atomic mass is 16.5. The molecule has 0 bridgehead atoms. The van der Waals surface area contributed by atoms with E-state index in [2.05, 4.69) is 4.98 Å². The minimum Gasteiger partial charge on any atom is -0.456 e. The summed E-state index contributed by atoms with van der Waals surface area (Å²) < 4.78 is 7.07. The molecular weight excluding hydrogens is 252 g/mol. The van der Waals surface area contributed by atoms with E-state index in [-0.39, 0.29) is 12.6 Å². The topological polar surface area (TPSA) is 43.6 Å². The summed E-state index contributed by atoms with van der Waals surface area (Å²) in [5.74, 6) is -0.369. The highest BCUT2D eigenvalue weighted by Gasteiger charge is 2.13. The van der Waals surface area contributed by atoms with E-state index < -0.39 is 0 Å². The fourth-order valence-corrected chi connectivity index (χ4v) is 2.03. The number of imidazole rings is 1. The Bertz CT molecular complexity index is 748. The molecule has 0 aliphatic heterocycles. The molecule has 0 saturated carbocycles. The molecule has 0 atom stereocenters. The van der Waals surface area contributed by atoms with Gasteiger partial charge in [0.15, 0.2) is 5.69 Å². The summed E-state index contributed by atoms with van der Waals surface area (Å²) in [5.41, 5.74) is 3.21. The predicted octanol–water partition coefficient (Wildman–Crippen LogP) is 3.00. The van der Waals surface area contributed by atoms with Crippen molar-refractivity contribution in [2.45, 2.75) is 13.5 Å². The van der Waals surface area contributed by atoms with E-state index in [9.17, 15) is 4.79 Å². The van der Waals surface area contributed by atoms with Crippen molar-refractivity contribution < 1.29 is 9.53 Å². The molecule has 2 heterocycles. The SMILES string of the molecule is Cc1ccc2ncc(C(=O)OCc3ccccc3)n2c1. The second kappa shape index (κ2) is 5.17. The molecule has 0 unspecified atom stereocenters. The molecule has 3 aromatic rings. The lowest BCUT2D eigenvalue weighted by Gasteiger charge is -2.05. The molecule has 0 amide bonds. The molecular formula is C16H14N2O2. The molecule has 4 heteroatoms. The number of benzene rings is 1. The minimum atomic E-state index is -0.369. The molecule has 0 aliphatic rings. The van der Waals surface area contributed by atoms with Crippen LogP contribution < -0.4 is 0 Å². The molecule has 3 rings (SSSR count). The van der Waals surface area contributed by atoms with Gasteiger partial charge in [-0.3, -0.25) is 4.40 Å². The lowest BCUT2D eigenvalue weighted by Crippen LogP contribution is -2.08. The van der Waals surface area contributed by atoms with Crippen LogP contribution in [0.25, 0.3) is 5.65 Å². The third-order valence-corrected chi connectivity index (χ3v) is 3.08. The average molecular weight is 266 g/mol. The van der Waals surface area contributed by atoms with Crippen LogP contribution in [0.4, 0.5) is 0 Å². The van der Waals surface area contributed by atoms with Crippen LogP contribution in [0.3, 0.4) is 0 Å². The maximum atomic E-state index is 12.1. The molecule has 1 aromatic carbocycles. The first-order valence-electron chi connectivity index (χ1n) is 6.39. The van der Waals surface area contributed by atoms with Gasteiger partial charge in [-0.1, -0.05) is 36.4 Å². The lowest BCUT2D eigenvalue weighted by molar-refractivity contribution is 0.0464. The van der Waals surface area contributed by atoms with Crippen molar-refractivity contribution in [3.05, 3.63) is 71.7 Å². The Morgan fingerprint density at radius 2 is 2.00 bits per heavy atom. The number of hydrogen-bond donors (Lipinski definition) is 0. The zero-order valence-electron chi connectivity index (χ0n) is 11.1. The first-order valence-corrected chi connectivity index (χ1v) is 6.39. The van der Waals surface area contributed by atoms with E-state index >= 15 is 0 Å².